The van der Waals surface area contributed by atoms with Crippen LogP contribution in [0.3, 0.4) is 0 Å². The van der Waals surface area contributed by atoms with Gasteiger partial charge in [-0.25, -0.2) is 0 Å². The van der Waals surface area contributed by atoms with Crippen LogP contribution in [0.2, 0.25) is 0 Å². The number of rotatable bonds is 4. The van der Waals surface area contributed by atoms with E-state index in [0.717, 1.165) is 26.0 Å². The average molecular weight is 410 g/mol. The standard InChI is InChI=1S/C16H14Br2N2O/c1-11(19-14-6-2-12(17)3-7-14)10-16(21)20-15-8-4-13(18)5-9-15/h2-10,19H,1H3,(H,20,21)/b11-10+. The van der Waals surface area contributed by atoms with E-state index >= 15 is 0 Å². The minimum Gasteiger partial charge on any atom is -0.359 e. The topological polar surface area (TPSA) is 41.1 Å². The molecule has 1 amide bonds. The lowest BCUT2D eigenvalue weighted by Gasteiger charge is -2.07. The lowest BCUT2D eigenvalue weighted by Crippen LogP contribution is -2.10. The van der Waals surface area contributed by atoms with Crippen LogP contribution >= 0.6 is 31.9 Å². The van der Waals surface area contributed by atoms with Gasteiger partial charge in [0.2, 0.25) is 5.91 Å². The van der Waals surface area contributed by atoms with Crippen molar-refractivity contribution in [3.8, 4) is 0 Å². The van der Waals surface area contributed by atoms with Crippen molar-refractivity contribution in [1.82, 2.24) is 0 Å². The van der Waals surface area contributed by atoms with E-state index in [1.54, 1.807) is 0 Å². The first-order valence-corrected chi connectivity index (χ1v) is 7.89. The molecule has 0 bridgehead atoms. The Balaban J connectivity index is 1.96. The molecule has 0 heterocycles. The zero-order valence-electron chi connectivity index (χ0n) is 11.4. The monoisotopic (exact) mass is 408 g/mol. The maximum absolute atomic E-state index is 11.9. The lowest BCUT2D eigenvalue weighted by molar-refractivity contribution is -0.111. The highest BCUT2D eigenvalue weighted by Crippen LogP contribution is 2.16. The maximum atomic E-state index is 11.9. The van der Waals surface area contributed by atoms with Crippen LogP contribution in [0.15, 0.2) is 69.2 Å². The van der Waals surface area contributed by atoms with Crippen molar-refractivity contribution in [2.45, 2.75) is 6.92 Å². The molecule has 0 aliphatic rings. The van der Waals surface area contributed by atoms with Gasteiger partial charge in [-0.1, -0.05) is 31.9 Å². The third-order valence-corrected chi connectivity index (χ3v) is 3.70. The van der Waals surface area contributed by atoms with E-state index in [1.807, 2.05) is 55.5 Å². The molecule has 0 saturated heterocycles. The van der Waals surface area contributed by atoms with Gasteiger partial charge < -0.3 is 10.6 Å². The lowest BCUT2D eigenvalue weighted by atomic mass is 10.3. The third kappa shape index (κ3) is 5.36. The average Bonchev–Trinajstić information content (AvgIpc) is 2.44. The number of benzene rings is 2. The first-order chi connectivity index (χ1) is 10.0. The third-order valence-electron chi connectivity index (χ3n) is 2.65. The molecular formula is C16H14Br2N2O. The number of anilines is 2. The van der Waals surface area contributed by atoms with Crippen molar-refractivity contribution < 1.29 is 4.79 Å². The Bertz CT molecular complexity index is 649. The second kappa shape index (κ2) is 7.43. The van der Waals surface area contributed by atoms with Gasteiger partial charge in [0.25, 0.3) is 0 Å². The zero-order chi connectivity index (χ0) is 15.2. The molecule has 3 nitrogen and oxygen atoms in total. The van der Waals surface area contributed by atoms with Crippen LogP contribution in [-0.2, 0) is 4.79 Å². The van der Waals surface area contributed by atoms with E-state index in [0.29, 0.717) is 0 Å². The van der Waals surface area contributed by atoms with Crippen LogP contribution in [0.5, 0.6) is 0 Å². The Morgan fingerprint density at radius 2 is 1.29 bits per heavy atom. The van der Waals surface area contributed by atoms with Crippen molar-refractivity contribution in [2.24, 2.45) is 0 Å². The molecule has 2 N–H and O–H groups in total. The fourth-order valence-electron chi connectivity index (χ4n) is 1.71. The fourth-order valence-corrected chi connectivity index (χ4v) is 2.23. The molecule has 0 radical (unpaired) electrons. The minimum absolute atomic E-state index is 0.167. The number of amides is 1. The van der Waals surface area contributed by atoms with Crippen LogP contribution in [0.25, 0.3) is 0 Å². The summed E-state index contributed by atoms with van der Waals surface area (Å²) in [5.41, 5.74) is 2.46. The molecule has 21 heavy (non-hydrogen) atoms. The molecule has 0 aliphatic heterocycles. The van der Waals surface area contributed by atoms with E-state index < -0.39 is 0 Å². The van der Waals surface area contributed by atoms with Crippen LogP contribution < -0.4 is 10.6 Å². The van der Waals surface area contributed by atoms with Crippen molar-refractivity contribution in [1.29, 1.82) is 0 Å². The fraction of sp³-hybridized carbons (Fsp3) is 0.0625. The highest BCUT2D eigenvalue weighted by Gasteiger charge is 2.00. The maximum Gasteiger partial charge on any atom is 0.250 e. The van der Waals surface area contributed by atoms with Crippen molar-refractivity contribution >= 4 is 49.1 Å². The number of allylic oxidation sites excluding steroid dienone is 1. The quantitative estimate of drug-likeness (QED) is 0.684. The second-order valence-electron chi connectivity index (χ2n) is 4.46. The van der Waals surface area contributed by atoms with Gasteiger partial charge in [-0.3, -0.25) is 4.79 Å². The summed E-state index contributed by atoms with van der Waals surface area (Å²) in [6.07, 6.45) is 1.53. The molecule has 108 valence electrons. The SMILES string of the molecule is C/C(=C\C(=O)Nc1ccc(Br)cc1)Nc1ccc(Br)cc1. The minimum atomic E-state index is -0.167. The molecule has 0 unspecified atom stereocenters. The van der Waals surface area contributed by atoms with Crippen molar-refractivity contribution in [3.63, 3.8) is 0 Å². The van der Waals surface area contributed by atoms with Gasteiger partial charge in [0.1, 0.15) is 0 Å². The Kier molecular flexibility index (Phi) is 5.59. The molecule has 5 heteroatoms. The normalized spacial score (nSPS) is 11.1. The van der Waals surface area contributed by atoms with Crippen LogP contribution in [0.1, 0.15) is 6.92 Å². The van der Waals surface area contributed by atoms with Gasteiger partial charge in [-0.2, -0.15) is 0 Å². The van der Waals surface area contributed by atoms with Gasteiger partial charge in [0.15, 0.2) is 0 Å². The Labute approximate surface area is 140 Å². The van der Waals surface area contributed by atoms with E-state index in [2.05, 4.69) is 42.5 Å². The molecule has 2 rings (SSSR count). The predicted octanol–water partition coefficient (Wildman–Crippen LogP) is 5.17. The highest BCUT2D eigenvalue weighted by molar-refractivity contribution is 9.10. The number of nitrogens with one attached hydrogen (secondary N) is 2. The summed E-state index contributed by atoms with van der Waals surface area (Å²) in [6, 6.07) is 15.2. The molecule has 0 aliphatic carbocycles. The van der Waals surface area contributed by atoms with Crippen LogP contribution in [-0.4, -0.2) is 5.91 Å². The predicted molar refractivity (Wildman–Crippen MR) is 94.3 cm³/mol. The van der Waals surface area contributed by atoms with E-state index in [4.69, 9.17) is 0 Å². The number of halogens is 2. The highest BCUT2D eigenvalue weighted by atomic mass is 79.9. The molecular weight excluding hydrogens is 396 g/mol. The first kappa shape index (κ1) is 15.8. The molecule has 0 aromatic heterocycles. The van der Waals surface area contributed by atoms with E-state index in [9.17, 15) is 4.79 Å². The van der Waals surface area contributed by atoms with Gasteiger partial charge in [0.05, 0.1) is 0 Å². The first-order valence-electron chi connectivity index (χ1n) is 6.30. The number of hydrogen-bond donors (Lipinski definition) is 2. The zero-order valence-corrected chi connectivity index (χ0v) is 14.5. The van der Waals surface area contributed by atoms with Gasteiger partial charge in [0, 0.05) is 32.1 Å². The number of hydrogen-bond acceptors (Lipinski definition) is 2. The Hall–Kier alpha value is -1.59. The summed E-state index contributed by atoms with van der Waals surface area (Å²) in [5, 5.41) is 5.98. The number of carbonyl (C=O) groups excluding carboxylic acids is 1. The van der Waals surface area contributed by atoms with E-state index in [1.165, 1.54) is 6.08 Å². The van der Waals surface area contributed by atoms with E-state index in [-0.39, 0.29) is 5.91 Å². The summed E-state index contributed by atoms with van der Waals surface area (Å²) in [7, 11) is 0. The van der Waals surface area contributed by atoms with Crippen molar-refractivity contribution in [3.05, 3.63) is 69.2 Å². The molecule has 0 saturated carbocycles. The Morgan fingerprint density at radius 1 is 0.857 bits per heavy atom. The van der Waals surface area contributed by atoms with Crippen LogP contribution in [0, 0.1) is 0 Å². The van der Waals surface area contributed by atoms with Crippen LogP contribution in [0.4, 0.5) is 11.4 Å². The smallest absolute Gasteiger partial charge is 0.250 e. The molecule has 0 fully saturated rings. The largest absolute Gasteiger partial charge is 0.359 e. The van der Waals surface area contributed by atoms with Gasteiger partial charge in [-0.05, 0) is 55.5 Å². The summed E-state index contributed by atoms with van der Waals surface area (Å²) < 4.78 is 1.99. The molecule has 0 atom stereocenters. The summed E-state index contributed by atoms with van der Waals surface area (Å²) in [5.74, 6) is -0.167. The van der Waals surface area contributed by atoms with Crippen molar-refractivity contribution in [2.75, 3.05) is 10.6 Å². The molecule has 2 aromatic rings. The molecule has 2 aromatic carbocycles. The summed E-state index contributed by atoms with van der Waals surface area (Å²) in [4.78, 5) is 11.9. The Morgan fingerprint density at radius 3 is 1.76 bits per heavy atom. The summed E-state index contributed by atoms with van der Waals surface area (Å²) in [6.45, 7) is 1.85. The molecule has 0 spiro atoms. The second-order valence-corrected chi connectivity index (χ2v) is 6.29. The number of carbonyl (C=O) groups is 1. The summed E-state index contributed by atoms with van der Waals surface area (Å²) >= 11 is 6.74. The van der Waals surface area contributed by atoms with Gasteiger partial charge >= 0.3 is 0 Å². The van der Waals surface area contributed by atoms with Gasteiger partial charge in [-0.15, -0.1) is 0 Å².